The lowest BCUT2D eigenvalue weighted by atomic mass is 10.2. The zero-order chi connectivity index (χ0) is 27.4. The molecule has 1 aliphatic carbocycles. The van der Waals surface area contributed by atoms with E-state index in [0.717, 1.165) is 24.4 Å². The van der Waals surface area contributed by atoms with Gasteiger partial charge in [0.2, 0.25) is 0 Å². The molecule has 4 N–H and O–H groups in total. The molecule has 2 aromatic carbocycles. The molecule has 0 unspecified atom stereocenters. The first-order chi connectivity index (χ1) is 18.8. The number of sulfonamides is 1. The second-order valence-corrected chi connectivity index (χ2v) is 10.7. The van der Waals surface area contributed by atoms with Crippen molar-refractivity contribution in [1.82, 2.24) is 20.0 Å². The molecule has 202 valence electrons. The molecule has 39 heavy (non-hydrogen) atoms. The number of carbonyl (C=O) groups is 1. The molecule has 1 amide bonds. The highest BCUT2D eigenvalue weighted by Gasteiger charge is 2.25. The molecule has 4 aromatic rings. The number of nitro benzene ring substituents is 1. The van der Waals surface area contributed by atoms with Crippen LogP contribution in [0.25, 0.3) is 11.0 Å². The van der Waals surface area contributed by atoms with Crippen LogP contribution in [-0.2, 0) is 10.0 Å². The third-order valence-electron chi connectivity index (χ3n) is 6.12. The molecular formula is C26H26N6O6S. The minimum absolute atomic E-state index is 0.0390. The minimum atomic E-state index is -4.44. The molecule has 5 rings (SSSR count). The highest BCUT2D eigenvalue weighted by Crippen LogP contribution is 2.29. The maximum atomic E-state index is 13.0. The lowest BCUT2D eigenvalue weighted by molar-refractivity contribution is -0.384. The molecule has 0 radical (unpaired) electrons. The summed E-state index contributed by atoms with van der Waals surface area (Å²) in [5.74, 6) is -0.481. The van der Waals surface area contributed by atoms with Gasteiger partial charge in [-0.05, 0) is 62.2 Å². The van der Waals surface area contributed by atoms with E-state index in [4.69, 9.17) is 4.74 Å². The summed E-state index contributed by atoms with van der Waals surface area (Å²) in [4.78, 5) is 30.8. The standard InChI is InChI=1S/C26H26N6O6S/c33-26(21-4-1-2-5-24(21)38-19-14-17-10-13-29-25(17)30-16-19)31-39(36,37)20-8-9-22(23(15-20)32(34)35)28-12-3-11-27-18-6-7-18/h1-2,4-5,8-10,13-16,18,27-28H,3,6-7,11-12H2,(H,29,30)(H,31,33). The molecule has 0 atom stereocenters. The SMILES string of the molecule is O=C(NS(=O)(=O)c1ccc(NCCCNC2CC2)c([N+](=O)[O-])c1)c1ccccc1Oc1cnc2[nH]ccc2c1. The van der Waals surface area contributed by atoms with Crippen molar-refractivity contribution in [3.8, 4) is 11.5 Å². The van der Waals surface area contributed by atoms with Gasteiger partial charge in [-0.3, -0.25) is 14.9 Å². The van der Waals surface area contributed by atoms with E-state index in [1.807, 2.05) is 10.8 Å². The fourth-order valence-corrected chi connectivity index (χ4v) is 4.95. The number of nitro groups is 1. The van der Waals surface area contributed by atoms with E-state index in [0.29, 0.717) is 24.0 Å². The number of H-pyrrole nitrogens is 1. The van der Waals surface area contributed by atoms with Crippen molar-refractivity contribution in [3.05, 3.63) is 82.7 Å². The number of nitrogens with zero attached hydrogens (tertiary/aromatic N) is 2. The quantitative estimate of drug-likeness (QED) is 0.116. The summed E-state index contributed by atoms with van der Waals surface area (Å²) in [6, 6.07) is 13.7. The average Bonchev–Trinajstić information content (AvgIpc) is 3.62. The first kappa shape index (κ1) is 26.1. The van der Waals surface area contributed by atoms with E-state index in [1.165, 1.54) is 43.3 Å². The zero-order valence-corrected chi connectivity index (χ0v) is 21.5. The molecule has 1 aliphatic rings. The van der Waals surface area contributed by atoms with Crippen LogP contribution in [0.15, 0.2) is 71.9 Å². The van der Waals surface area contributed by atoms with Crippen molar-refractivity contribution < 1.29 is 22.9 Å². The van der Waals surface area contributed by atoms with Gasteiger partial charge >= 0.3 is 0 Å². The van der Waals surface area contributed by atoms with Gasteiger partial charge in [-0.25, -0.2) is 18.1 Å². The third kappa shape index (κ3) is 6.33. The van der Waals surface area contributed by atoms with Gasteiger partial charge in [-0.2, -0.15) is 0 Å². The van der Waals surface area contributed by atoms with E-state index in [1.54, 1.807) is 24.4 Å². The van der Waals surface area contributed by atoms with Crippen LogP contribution >= 0.6 is 0 Å². The normalized spacial score (nSPS) is 13.2. The number of aromatic amines is 1. The second kappa shape index (κ2) is 11.1. The van der Waals surface area contributed by atoms with Crippen LogP contribution in [0.2, 0.25) is 0 Å². The summed E-state index contributed by atoms with van der Waals surface area (Å²) in [6.07, 6.45) is 6.30. The Balaban J connectivity index is 1.29. The van der Waals surface area contributed by atoms with E-state index in [2.05, 4.69) is 20.6 Å². The van der Waals surface area contributed by atoms with Crippen LogP contribution in [0.3, 0.4) is 0 Å². The highest BCUT2D eigenvalue weighted by atomic mass is 32.2. The van der Waals surface area contributed by atoms with Gasteiger partial charge in [-0.15, -0.1) is 0 Å². The topological polar surface area (TPSA) is 168 Å². The van der Waals surface area contributed by atoms with E-state index >= 15 is 0 Å². The molecular weight excluding hydrogens is 524 g/mol. The van der Waals surface area contributed by atoms with Crippen LogP contribution in [-0.4, -0.2) is 48.3 Å². The molecule has 2 aromatic heterocycles. The van der Waals surface area contributed by atoms with Crippen LogP contribution in [0.4, 0.5) is 11.4 Å². The largest absolute Gasteiger partial charge is 0.455 e. The van der Waals surface area contributed by atoms with Gasteiger partial charge < -0.3 is 20.4 Å². The summed E-state index contributed by atoms with van der Waals surface area (Å²) in [6.45, 7) is 1.26. The Labute approximate surface area is 224 Å². The average molecular weight is 551 g/mol. The van der Waals surface area contributed by atoms with E-state index < -0.39 is 31.4 Å². The Hall–Kier alpha value is -4.49. The number of hydrogen-bond donors (Lipinski definition) is 4. The number of rotatable bonds is 12. The fourth-order valence-electron chi connectivity index (χ4n) is 3.97. The Morgan fingerprint density at radius 2 is 1.95 bits per heavy atom. The number of para-hydroxylation sites is 1. The highest BCUT2D eigenvalue weighted by molar-refractivity contribution is 7.90. The predicted molar refractivity (Wildman–Crippen MR) is 144 cm³/mol. The van der Waals surface area contributed by atoms with Gasteiger partial charge in [0, 0.05) is 30.2 Å². The molecule has 12 nitrogen and oxygen atoms in total. The van der Waals surface area contributed by atoms with Crippen LogP contribution in [0, 0.1) is 10.1 Å². The number of carbonyl (C=O) groups excluding carboxylic acids is 1. The lowest BCUT2D eigenvalue weighted by Gasteiger charge is -2.13. The first-order valence-electron chi connectivity index (χ1n) is 12.3. The number of hydrogen-bond acceptors (Lipinski definition) is 9. The van der Waals surface area contributed by atoms with Gasteiger partial charge in [0.05, 0.1) is 21.6 Å². The summed E-state index contributed by atoms with van der Waals surface area (Å²) in [5.41, 5.74) is 0.420. The number of fused-ring (bicyclic) bond motifs is 1. The van der Waals surface area contributed by atoms with Gasteiger partial charge in [-0.1, -0.05) is 12.1 Å². The molecule has 1 saturated carbocycles. The van der Waals surface area contributed by atoms with Crippen molar-refractivity contribution in [2.24, 2.45) is 0 Å². The zero-order valence-electron chi connectivity index (χ0n) is 20.7. The Kier molecular flexibility index (Phi) is 7.43. The van der Waals surface area contributed by atoms with Crippen molar-refractivity contribution in [2.45, 2.75) is 30.2 Å². The molecule has 2 heterocycles. The molecule has 0 saturated heterocycles. The summed E-state index contributed by atoms with van der Waals surface area (Å²) in [5, 5.41) is 18.8. The van der Waals surface area contributed by atoms with Crippen molar-refractivity contribution in [1.29, 1.82) is 0 Å². The smallest absolute Gasteiger partial charge is 0.293 e. The second-order valence-electron chi connectivity index (χ2n) is 9.06. The number of nitrogens with one attached hydrogen (secondary N) is 4. The van der Waals surface area contributed by atoms with Crippen molar-refractivity contribution in [3.63, 3.8) is 0 Å². The Morgan fingerprint density at radius 1 is 1.13 bits per heavy atom. The Morgan fingerprint density at radius 3 is 2.74 bits per heavy atom. The van der Waals surface area contributed by atoms with Gasteiger partial charge in [0.15, 0.2) is 0 Å². The van der Waals surface area contributed by atoms with E-state index in [-0.39, 0.29) is 17.0 Å². The lowest BCUT2D eigenvalue weighted by Crippen LogP contribution is -2.31. The van der Waals surface area contributed by atoms with Crippen molar-refractivity contribution >= 4 is 38.3 Å². The van der Waals surface area contributed by atoms with Crippen LogP contribution < -0.4 is 20.1 Å². The van der Waals surface area contributed by atoms with E-state index in [9.17, 15) is 23.3 Å². The number of aromatic nitrogens is 2. The summed E-state index contributed by atoms with van der Waals surface area (Å²) < 4.78 is 33.9. The summed E-state index contributed by atoms with van der Waals surface area (Å²) >= 11 is 0. The number of amides is 1. The third-order valence-corrected chi connectivity index (χ3v) is 7.45. The molecule has 0 aliphatic heterocycles. The number of pyridine rings is 1. The minimum Gasteiger partial charge on any atom is -0.455 e. The Bertz CT molecular complexity index is 1630. The number of benzene rings is 2. The van der Waals surface area contributed by atoms with Crippen LogP contribution in [0.1, 0.15) is 29.6 Å². The maximum Gasteiger partial charge on any atom is 0.293 e. The molecule has 0 spiro atoms. The van der Waals surface area contributed by atoms with Crippen molar-refractivity contribution in [2.75, 3.05) is 18.4 Å². The predicted octanol–water partition coefficient (Wildman–Crippen LogP) is 3.94. The summed E-state index contributed by atoms with van der Waals surface area (Å²) in [7, 11) is -4.44. The van der Waals surface area contributed by atoms with Gasteiger partial charge in [0.1, 0.15) is 22.8 Å². The maximum absolute atomic E-state index is 13.0. The fraction of sp³-hybridized carbons (Fsp3) is 0.231. The number of ether oxygens (including phenoxy) is 1. The molecule has 1 fully saturated rings. The number of anilines is 1. The molecule has 13 heteroatoms. The monoisotopic (exact) mass is 550 g/mol. The molecule has 0 bridgehead atoms. The van der Waals surface area contributed by atoms with Crippen LogP contribution in [0.5, 0.6) is 11.5 Å². The first-order valence-corrected chi connectivity index (χ1v) is 13.8. The van der Waals surface area contributed by atoms with Gasteiger partial charge in [0.25, 0.3) is 21.6 Å².